The van der Waals surface area contributed by atoms with Gasteiger partial charge in [-0.3, -0.25) is 9.62 Å². The molecule has 2 aromatic carbocycles. The number of anilines is 2. The number of alkyl halides is 3. The van der Waals surface area contributed by atoms with Gasteiger partial charge in [0.25, 0.3) is 20.2 Å². The average Bonchev–Trinajstić information content (AvgIpc) is 2.91. The molecule has 2 aromatic rings. The molecule has 1 saturated heterocycles. The Kier molecular flexibility index (Phi) is 9.21. The summed E-state index contributed by atoms with van der Waals surface area (Å²) in [4.78, 5) is 12.0. The number of carbonyl (C=O) groups excluding carboxylic acids is 1. The third-order valence-electron chi connectivity index (χ3n) is 7.15. The fraction of sp³-hybridized carbons (Fsp3) is 0.500. The number of hydrogen-bond acceptors (Lipinski definition) is 7. The Hall–Kier alpha value is -3.15. The lowest BCUT2D eigenvalue weighted by Crippen LogP contribution is -2.51. The number of carbonyl (C=O) groups is 1. The molecule has 1 atom stereocenters. The number of rotatable bonds is 8. The second kappa shape index (κ2) is 12.1. The van der Waals surface area contributed by atoms with E-state index in [1.54, 1.807) is 0 Å². The number of ether oxygens (including phenoxy) is 2. The third kappa shape index (κ3) is 7.50. The van der Waals surface area contributed by atoms with Crippen molar-refractivity contribution in [1.29, 1.82) is 0 Å². The lowest BCUT2D eigenvalue weighted by Gasteiger charge is -2.36. The van der Waals surface area contributed by atoms with E-state index < -0.39 is 50.0 Å². The summed E-state index contributed by atoms with van der Waals surface area (Å²) in [5, 5.41) is 2.15. The van der Waals surface area contributed by atoms with Gasteiger partial charge in [-0.1, -0.05) is 6.92 Å². The molecule has 238 valence electrons. The van der Waals surface area contributed by atoms with Crippen LogP contribution in [0.5, 0.6) is 5.75 Å². The van der Waals surface area contributed by atoms with Crippen LogP contribution in [0.15, 0.2) is 47.4 Å². The van der Waals surface area contributed by atoms with Crippen molar-refractivity contribution in [2.24, 2.45) is 5.92 Å². The summed E-state index contributed by atoms with van der Waals surface area (Å²) in [6.07, 6.45) is -5.88. The van der Waals surface area contributed by atoms with Crippen LogP contribution in [-0.2, 0) is 25.0 Å². The van der Waals surface area contributed by atoms with Crippen molar-refractivity contribution in [3.63, 3.8) is 0 Å². The molecule has 0 spiro atoms. The van der Waals surface area contributed by atoms with Gasteiger partial charge in [0.2, 0.25) is 5.60 Å². The zero-order valence-electron chi connectivity index (χ0n) is 23.5. The first-order valence-electron chi connectivity index (χ1n) is 13.3. The number of hydrogen-bond donors (Lipinski definition) is 2. The highest BCUT2D eigenvalue weighted by atomic mass is 32.2. The number of halogens is 4. The van der Waals surface area contributed by atoms with Crippen LogP contribution in [0.1, 0.15) is 33.6 Å². The van der Waals surface area contributed by atoms with Gasteiger partial charge < -0.3 is 9.47 Å². The van der Waals surface area contributed by atoms with Crippen LogP contribution < -0.4 is 19.1 Å². The third-order valence-corrected chi connectivity index (χ3v) is 10.5. The summed E-state index contributed by atoms with van der Waals surface area (Å²) in [6.45, 7) is 3.38. The van der Waals surface area contributed by atoms with Gasteiger partial charge in [0, 0.05) is 18.8 Å². The monoisotopic (exact) mass is 652 g/mol. The molecule has 0 aliphatic carbocycles. The Morgan fingerprint density at radius 3 is 2.28 bits per heavy atom. The number of fused-ring (bicyclic) bond motifs is 1. The van der Waals surface area contributed by atoms with E-state index in [2.05, 4.69) is 14.8 Å². The molecule has 1 amide bonds. The fourth-order valence-corrected chi connectivity index (χ4v) is 7.17. The maximum absolute atomic E-state index is 13.7. The molecule has 4 rings (SSSR count). The van der Waals surface area contributed by atoms with Crippen LogP contribution in [0.4, 0.5) is 33.7 Å². The number of nitrogens with zero attached hydrogens (tertiary/aromatic N) is 2. The predicted molar refractivity (Wildman–Crippen MR) is 149 cm³/mol. The highest BCUT2D eigenvalue weighted by molar-refractivity contribution is 7.92. The highest BCUT2D eigenvalue weighted by Crippen LogP contribution is 2.39. The number of amides is 1. The summed E-state index contributed by atoms with van der Waals surface area (Å²) >= 11 is 0. The molecule has 11 nitrogen and oxygen atoms in total. The van der Waals surface area contributed by atoms with E-state index >= 15 is 0 Å². The molecule has 43 heavy (non-hydrogen) atoms. The molecule has 2 N–H and O–H groups in total. The van der Waals surface area contributed by atoms with Gasteiger partial charge >= 0.3 is 12.3 Å². The summed E-state index contributed by atoms with van der Waals surface area (Å²) in [6, 6.07) is 7.70. The first-order chi connectivity index (χ1) is 19.9. The zero-order chi connectivity index (χ0) is 31.8. The second-order valence-electron chi connectivity index (χ2n) is 10.9. The van der Waals surface area contributed by atoms with Crippen molar-refractivity contribution in [2.75, 3.05) is 35.8 Å². The van der Waals surface area contributed by atoms with Gasteiger partial charge in [0.1, 0.15) is 17.7 Å². The van der Waals surface area contributed by atoms with Gasteiger partial charge in [-0.2, -0.15) is 30.6 Å². The van der Waals surface area contributed by atoms with Crippen LogP contribution in [-0.4, -0.2) is 71.3 Å². The van der Waals surface area contributed by atoms with E-state index in [1.165, 1.54) is 16.4 Å². The fourth-order valence-electron chi connectivity index (χ4n) is 4.41. The number of benzene rings is 2. The van der Waals surface area contributed by atoms with Gasteiger partial charge in [0.15, 0.2) is 0 Å². The Bertz CT molecular complexity index is 1540. The molecule has 1 fully saturated rings. The van der Waals surface area contributed by atoms with Crippen molar-refractivity contribution in [1.82, 2.24) is 9.03 Å². The summed E-state index contributed by atoms with van der Waals surface area (Å²) in [5.74, 6) is -0.290. The minimum Gasteiger partial charge on any atom is -0.485 e. The Balaban J connectivity index is 1.60. The molecular formula is C26H32F4N4O7S2. The lowest BCUT2D eigenvalue weighted by atomic mass is 10.0. The molecule has 2 aliphatic rings. The Morgan fingerprint density at radius 2 is 1.67 bits per heavy atom. The van der Waals surface area contributed by atoms with Crippen LogP contribution in [0.2, 0.25) is 0 Å². The number of nitrogens with one attached hydrogen (secondary N) is 2. The second-order valence-corrected chi connectivity index (χ2v) is 14.5. The highest BCUT2D eigenvalue weighted by Gasteiger charge is 2.51. The van der Waals surface area contributed by atoms with Gasteiger partial charge in [0.05, 0.1) is 23.7 Å². The molecule has 2 aliphatic heterocycles. The molecule has 0 unspecified atom stereocenters. The Morgan fingerprint density at radius 1 is 1.05 bits per heavy atom. The van der Waals surface area contributed by atoms with Crippen molar-refractivity contribution >= 4 is 37.7 Å². The van der Waals surface area contributed by atoms with E-state index in [4.69, 9.17) is 4.74 Å². The summed E-state index contributed by atoms with van der Waals surface area (Å²) in [5.41, 5.74) is -3.01. The maximum atomic E-state index is 13.7. The molecule has 0 aromatic heterocycles. The maximum Gasteiger partial charge on any atom is 0.427 e. The topological polar surface area (TPSA) is 134 Å². The smallest absolute Gasteiger partial charge is 0.427 e. The largest absolute Gasteiger partial charge is 0.485 e. The van der Waals surface area contributed by atoms with Crippen molar-refractivity contribution < 1.29 is 48.7 Å². The number of sulfonamides is 1. The molecular weight excluding hydrogens is 620 g/mol. The molecule has 0 radical (unpaired) electrons. The van der Waals surface area contributed by atoms with Gasteiger partial charge in [-0.25, -0.2) is 17.6 Å². The minimum atomic E-state index is -4.85. The van der Waals surface area contributed by atoms with Gasteiger partial charge in [-0.15, -0.1) is 0 Å². The normalized spacial score (nSPS) is 19.0. The summed E-state index contributed by atoms with van der Waals surface area (Å²) in [7, 11) is -8.28. The SMILES string of the molecule is CC1CCN(S(=O)(=O)NC[C@H]2CN(S(=O)(=O)c3ccc(F)cc3)c3cc(NC(=O)OC(C)(C)C(F)(F)F)ccc3O2)CC1. The standard InChI is InChI=1S/C26H32F4N4O7S2/c1-17-10-12-33(13-11-17)43(38,39)31-15-20-16-34(42(36,37)21-7-4-18(27)5-8-21)22-14-19(6-9-23(22)40-20)32-24(35)41-25(2,3)26(28,29)30/h4-9,14,17,20,31H,10-13,15-16H2,1-3H3,(H,32,35)/t20-/m0/s1. The van der Waals surface area contributed by atoms with Crippen LogP contribution in [0, 0.1) is 11.7 Å². The van der Waals surface area contributed by atoms with E-state index in [9.17, 15) is 39.2 Å². The Labute approximate surface area is 247 Å². The van der Waals surface area contributed by atoms with E-state index in [1.807, 2.05) is 6.92 Å². The van der Waals surface area contributed by atoms with E-state index in [-0.39, 0.29) is 35.1 Å². The molecule has 0 saturated carbocycles. The number of piperidine rings is 1. The molecule has 2 heterocycles. The van der Waals surface area contributed by atoms with Crippen molar-refractivity contribution in [3.8, 4) is 5.75 Å². The lowest BCUT2D eigenvalue weighted by molar-refractivity contribution is -0.242. The predicted octanol–water partition coefficient (Wildman–Crippen LogP) is 4.24. The minimum absolute atomic E-state index is 0.0116. The summed E-state index contributed by atoms with van der Waals surface area (Å²) < 4.78 is 121. The van der Waals surface area contributed by atoms with Crippen molar-refractivity contribution in [2.45, 2.75) is 56.4 Å². The molecule has 0 bridgehead atoms. The quantitative estimate of drug-likeness (QED) is 0.408. The first kappa shape index (κ1) is 32.8. The van der Waals surface area contributed by atoms with Crippen molar-refractivity contribution in [3.05, 3.63) is 48.3 Å². The van der Waals surface area contributed by atoms with Crippen LogP contribution in [0.3, 0.4) is 0 Å². The average molecular weight is 653 g/mol. The molecule has 17 heteroatoms. The first-order valence-corrected chi connectivity index (χ1v) is 16.2. The zero-order valence-corrected chi connectivity index (χ0v) is 25.2. The van der Waals surface area contributed by atoms with Crippen LogP contribution >= 0.6 is 0 Å². The van der Waals surface area contributed by atoms with Crippen LogP contribution in [0.25, 0.3) is 0 Å². The van der Waals surface area contributed by atoms with E-state index in [0.717, 1.165) is 34.6 Å². The van der Waals surface area contributed by atoms with Gasteiger partial charge in [-0.05, 0) is 75.1 Å². The van der Waals surface area contributed by atoms with E-state index in [0.29, 0.717) is 45.7 Å².